The van der Waals surface area contributed by atoms with Gasteiger partial charge in [-0.25, -0.2) is 9.97 Å². The summed E-state index contributed by atoms with van der Waals surface area (Å²) in [5.74, 6) is 0.440. The first-order valence-electron chi connectivity index (χ1n) is 9.60. The molecule has 1 N–H and O–H groups in total. The zero-order valence-corrected chi connectivity index (χ0v) is 16.6. The lowest BCUT2D eigenvalue weighted by molar-refractivity contribution is 0.102. The van der Waals surface area contributed by atoms with E-state index in [1.807, 2.05) is 56.3 Å². The first-order chi connectivity index (χ1) is 13.5. The van der Waals surface area contributed by atoms with E-state index in [1.165, 1.54) is 0 Å². The molecule has 1 fully saturated rings. The molecule has 0 radical (unpaired) electrons. The fourth-order valence-electron chi connectivity index (χ4n) is 3.43. The van der Waals surface area contributed by atoms with E-state index in [0.717, 1.165) is 54.0 Å². The fraction of sp³-hybridized carbons (Fsp3) is 0.318. The number of amides is 1. The number of anilines is 2. The average molecular weight is 375 g/mol. The molecule has 2 aromatic carbocycles. The Morgan fingerprint density at radius 3 is 2.36 bits per heavy atom. The molecule has 1 aliphatic rings. The highest BCUT2D eigenvalue weighted by Gasteiger charge is 2.24. The topological polar surface area (TPSA) is 61.4 Å². The summed E-state index contributed by atoms with van der Waals surface area (Å²) in [6, 6.07) is 13.7. The summed E-state index contributed by atoms with van der Waals surface area (Å²) in [4.78, 5) is 27.1. The summed E-state index contributed by atoms with van der Waals surface area (Å²) in [7, 11) is 2.11. The van der Waals surface area contributed by atoms with Crippen LogP contribution in [0.5, 0.6) is 0 Å². The minimum atomic E-state index is -0.221. The van der Waals surface area contributed by atoms with Gasteiger partial charge in [0.1, 0.15) is 0 Å². The maximum absolute atomic E-state index is 13.2. The van der Waals surface area contributed by atoms with Crippen LogP contribution in [-0.4, -0.2) is 54.0 Å². The van der Waals surface area contributed by atoms with E-state index in [2.05, 4.69) is 27.1 Å². The van der Waals surface area contributed by atoms with E-state index >= 15 is 0 Å². The van der Waals surface area contributed by atoms with Gasteiger partial charge in [0, 0.05) is 31.9 Å². The number of carbonyl (C=O) groups excluding carboxylic acids is 1. The van der Waals surface area contributed by atoms with Crippen molar-refractivity contribution in [1.82, 2.24) is 14.9 Å². The van der Waals surface area contributed by atoms with Crippen molar-refractivity contribution in [2.45, 2.75) is 13.8 Å². The van der Waals surface area contributed by atoms with Crippen molar-refractivity contribution in [3.8, 4) is 0 Å². The normalized spacial score (nSPS) is 15.0. The number of aryl methyl sites for hydroxylation is 2. The molecule has 1 saturated heterocycles. The van der Waals surface area contributed by atoms with Gasteiger partial charge in [0.05, 0.1) is 11.0 Å². The molecule has 4 rings (SSSR count). The highest BCUT2D eigenvalue weighted by Crippen LogP contribution is 2.24. The molecule has 1 amide bonds. The number of rotatable bonds is 3. The number of fused-ring (bicyclic) bond motifs is 1. The third-order valence-electron chi connectivity index (χ3n) is 5.21. The summed E-state index contributed by atoms with van der Waals surface area (Å²) < 4.78 is 0. The lowest BCUT2D eigenvalue weighted by Crippen LogP contribution is -2.45. The summed E-state index contributed by atoms with van der Waals surface area (Å²) in [6.45, 7) is 7.53. The standard InChI is InChI=1S/C22H25N5O/c1-15-8-9-16(2)19(14-15)25-22(28)20-21(27-12-10-26(3)11-13-27)24-18-7-5-4-6-17(18)23-20/h4-9,14H,10-13H2,1-3H3,(H,25,28). The van der Waals surface area contributed by atoms with Gasteiger partial charge in [0.25, 0.3) is 5.91 Å². The second-order valence-electron chi connectivity index (χ2n) is 7.45. The lowest BCUT2D eigenvalue weighted by Gasteiger charge is -2.33. The molecule has 0 bridgehead atoms. The lowest BCUT2D eigenvalue weighted by atomic mass is 10.1. The van der Waals surface area contributed by atoms with E-state index in [0.29, 0.717) is 11.5 Å². The minimum Gasteiger partial charge on any atom is -0.352 e. The highest BCUT2D eigenvalue weighted by atomic mass is 16.1. The molecule has 0 saturated carbocycles. The van der Waals surface area contributed by atoms with Gasteiger partial charge in [0.15, 0.2) is 11.5 Å². The zero-order chi connectivity index (χ0) is 19.7. The van der Waals surface area contributed by atoms with E-state index in [-0.39, 0.29) is 5.91 Å². The van der Waals surface area contributed by atoms with Crippen LogP contribution in [0.4, 0.5) is 11.5 Å². The van der Waals surface area contributed by atoms with Gasteiger partial charge in [0.2, 0.25) is 0 Å². The van der Waals surface area contributed by atoms with E-state index < -0.39 is 0 Å². The molecule has 144 valence electrons. The Kier molecular flexibility index (Phi) is 4.96. The molecular formula is C22H25N5O. The number of nitrogens with one attached hydrogen (secondary N) is 1. The molecule has 0 spiro atoms. The molecule has 0 atom stereocenters. The Bertz CT molecular complexity index is 1020. The Hall–Kier alpha value is -2.99. The van der Waals surface area contributed by atoms with Crippen molar-refractivity contribution in [3.05, 3.63) is 59.3 Å². The number of hydrogen-bond donors (Lipinski definition) is 1. The SMILES string of the molecule is Cc1ccc(C)c(NC(=O)c2nc3ccccc3nc2N2CCN(C)CC2)c1. The number of benzene rings is 2. The van der Waals surface area contributed by atoms with Gasteiger partial charge < -0.3 is 15.1 Å². The molecule has 1 aliphatic heterocycles. The van der Waals surface area contributed by atoms with Crippen LogP contribution in [0.3, 0.4) is 0 Å². The highest BCUT2D eigenvalue weighted by molar-refractivity contribution is 6.07. The Morgan fingerprint density at radius 1 is 0.964 bits per heavy atom. The summed E-state index contributed by atoms with van der Waals surface area (Å²) in [5, 5.41) is 3.04. The Balaban J connectivity index is 1.74. The molecule has 1 aromatic heterocycles. The predicted molar refractivity (Wildman–Crippen MR) is 113 cm³/mol. The molecule has 28 heavy (non-hydrogen) atoms. The zero-order valence-electron chi connectivity index (χ0n) is 16.6. The molecule has 0 aliphatic carbocycles. The third kappa shape index (κ3) is 3.68. The number of para-hydroxylation sites is 2. The van der Waals surface area contributed by atoms with Crippen LogP contribution < -0.4 is 10.2 Å². The number of carbonyl (C=O) groups is 1. The van der Waals surface area contributed by atoms with Gasteiger partial charge >= 0.3 is 0 Å². The first-order valence-corrected chi connectivity index (χ1v) is 9.60. The van der Waals surface area contributed by atoms with E-state index in [9.17, 15) is 4.79 Å². The number of nitrogens with zero attached hydrogens (tertiary/aromatic N) is 4. The largest absolute Gasteiger partial charge is 0.352 e. The predicted octanol–water partition coefficient (Wildman–Crippen LogP) is 3.25. The maximum Gasteiger partial charge on any atom is 0.278 e. The Labute approximate surface area is 165 Å². The molecule has 3 aromatic rings. The second kappa shape index (κ2) is 7.56. The number of hydrogen-bond acceptors (Lipinski definition) is 5. The summed E-state index contributed by atoms with van der Waals surface area (Å²) in [6.07, 6.45) is 0. The van der Waals surface area contributed by atoms with Crippen molar-refractivity contribution in [2.24, 2.45) is 0 Å². The quantitative estimate of drug-likeness (QED) is 0.761. The van der Waals surface area contributed by atoms with Crippen LogP contribution in [0.2, 0.25) is 0 Å². The van der Waals surface area contributed by atoms with E-state index in [4.69, 9.17) is 4.98 Å². The molecule has 6 heteroatoms. The smallest absolute Gasteiger partial charge is 0.278 e. The molecule has 2 heterocycles. The van der Waals surface area contributed by atoms with Crippen LogP contribution in [-0.2, 0) is 0 Å². The van der Waals surface area contributed by atoms with Gasteiger partial charge in [-0.05, 0) is 50.2 Å². The molecule has 6 nitrogen and oxygen atoms in total. The van der Waals surface area contributed by atoms with Crippen molar-refractivity contribution >= 4 is 28.4 Å². The van der Waals surface area contributed by atoms with Crippen LogP contribution in [0.25, 0.3) is 11.0 Å². The van der Waals surface area contributed by atoms with Crippen LogP contribution in [0.1, 0.15) is 21.6 Å². The fourth-order valence-corrected chi connectivity index (χ4v) is 3.43. The summed E-state index contributed by atoms with van der Waals surface area (Å²) >= 11 is 0. The van der Waals surface area contributed by atoms with Gasteiger partial charge in [-0.2, -0.15) is 0 Å². The molecular weight excluding hydrogens is 350 g/mol. The average Bonchev–Trinajstić information content (AvgIpc) is 2.70. The third-order valence-corrected chi connectivity index (χ3v) is 5.21. The van der Waals surface area contributed by atoms with Crippen molar-refractivity contribution < 1.29 is 4.79 Å². The van der Waals surface area contributed by atoms with Crippen molar-refractivity contribution in [2.75, 3.05) is 43.4 Å². The Morgan fingerprint density at radius 2 is 1.64 bits per heavy atom. The molecule has 0 unspecified atom stereocenters. The second-order valence-corrected chi connectivity index (χ2v) is 7.45. The number of likely N-dealkylation sites (N-methyl/N-ethyl adjacent to an activating group) is 1. The van der Waals surface area contributed by atoms with E-state index in [1.54, 1.807) is 0 Å². The summed E-state index contributed by atoms with van der Waals surface area (Å²) in [5.41, 5.74) is 4.85. The minimum absolute atomic E-state index is 0.221. The van der Waals surface area contributed by atoms with Crippen LogP contribution in [0.15, 0.2) is 42.5 Å². The van der Waals surface area contributed by atoms with Crippen LogP contribution >= 0.6 is 0 Å². The first kappa shape index (κ1) is 18.4. The monoisotopic (exact) mass is 375 g/mol. The van der Waals surface area contributed by atoms with Crippen LogP contribution in [0, 0.1) is 13.8 Å². The van der Waals surface area contributed by atoms with Gasteiger partial charge in [-0.1, -0.05) is 24.3 Å². The number of piperazine rings is 1. The van der Waals surface area contributed by atoms with Crippen molar-refractivity contribution in [1.29, 1.82) is 0 Å². The van der Waals surface area contributed by atoms with Gasteiger partial charge in [-0.3, -0.25) is 4.79 Å². The van der Waals surface area contributed by atoms with Gasteiger partial charge in [-0.15, -0.1) is 0 Å². The number of aromatic nitrogens is 2. The van der Waals surface area contributed by atoms with Crippen molar-refractivity contribution in [3.63, 3.8) is 0 Å². The maximum atomic E-state index is 13.2.